The molecule has 1 aromatic heterocycles. The van der Waals surface area contributed by atoms with E-state index < -0.39 is 0 Å². The van der Waals surface area contributed by atoms with Crippen molar-refractivity contribution in [1.82, 2.24) is 4.98 Å². The lowest BCUT2D eigenvalue weighted by Gasteiger charge is -2.18. The molecule has 0 saturated carbocycles. The molecule has 0 aliphatic heterocycles. The van der Waals surface area contributed by atoms with E-state index in [2.05, 4.69) is 4.98 Å². The number of benzene rings is 1. The molecule has 4 heteroatoms. The van der Waals surface area contributed by atoms with E-state index in [1.165, 1.54) is 0 Å². The van der Waals surface area contributed by atoms with Crippen LogP contribution in [0.25, 0.3) is 0 Å². The third-order valence-electron chi connectivity index (χ3n) is 2.59. The molecule has 0 radical (unpaired) electrons. The Morgan fingerprint density at radius 3 is 2.83 bits per heavy atom. The number of pyridine rings is 1. The van der Waals surface area contributed by atoms with Crippen molar-refractivity contribution in [2.45, 2.75) is 13.0 Å². The third-order valence-corrected chi connectivity index (χ3v) is 2.90. The van der Waals surface area contributed by atoms with Crippen LogP contribution in [0.2, 0.25) is 5.02 Å². The highest BCUT2D eigenvalue weighted by molar-refractivity contribution is 6.32. The molecule has 0 amide bonds. The summed E-state index contributed by atoms with van der Waals surface area (Å²) in [7, 11) is 0. The second kappa shape index (κ2) is 5.85. The summed E-state index contributed by atoms with van der Waals surface area (Å²) >= 11 is 6.10. The number of halogens is 1. The predicted octanol–water partition coefficient (Wildman–Crippen LogP) is 3.12. The molecule has 2 aromatic rings. The lowest BCUT2D eigenvalue weighted by Crippen LogP contribution is -2.19. The van der Waals surface area contributed by atoms with Gasteiger partial charge in [-0.3, -0.25) is 4.98 Å². The average Bonchev–Trinajstić information content (AvgIpc) is 2.41. The van der Waals surface area contributed by atoms with E-state index in [0.717, 1.165) is 11.3 Å². The highest BCUT2D eigenvalue weighted by atomic mass is 35.5. The van der Waals surface area contributed by atoms with Gasteiger partial charge >= 0.3 is 0 Å². The van der Waals surface area contributed by atoms with E-state index in [1.807, 2.05) is 43.3 Å². The Hall–Kier alpha value is -1.58. The second-order valence-electron chi connectivity index (χ2n) is 4.03. The predicted molar refractivity (Wildman–Crippen MR) is 72.8 cm³/mol. The monoisotopic (exact) mass is 262 g/mol. The van der Waals surface area contributed by atoms with Gasteiger partial charge in [-0.1, -0.05) is 23.7 Å². The van der Waals surface area contributed by atoms with Crippen LogP contribution in [0.3, 0.4) is 0 Å². The molecule has 0 saturated heterocycles. The zero-order chi connectivity index (χ0) is 13.0. The largest absolute Gasteiger partial charge is 0.481 e. The van der Waals surface area contributed by atoms with E-state index in [4.69, 9.17) is 22.1 Å². The van der Waals surface area contributed by atoms with Crippen LogP contribution in [0.15, 0.2) is 42.6 Å². The molecule has 1 unspecified atom stereocenters. The maximum Gasteiger partial charge on any atom is 0.153 e. The lowest BCUT2D eigenvalue weighted by molar-refractivity contribution is 0.209. The van der Waals surface area contributed by atoms with Crippen LogP contribution >= 0.6 is 11.6 Å². The SMILES string of the molecule is Cc1ccc(Cl)c(OC(CN)c2ccccn2)c1. The van der Waals surface area contributed by atoms with Gasteiger partial charge in [-0.25, -0.2) is 0 Å². The van der Waals surface area contributed by atoms with Gasteiger partial charge in [0, 0.05) is 12.7 Å². The van der Waals surface area contributed by atoms with Gasteiger partial charge in [0.2, 0.25) is 0 Å². The zero-order valence-electron chi connectivity index (χ0n) is 10.1. The van der Waals surface area contributed by atoms with Gasteiger partial charge in [0.1, 0.15) is 5.75 Å². The van der Waals surface area contributed by atoms with Crippen LogP contribution in [0, 0.1) is 6.92 Å². The molecule has 2 N–H and O–H groups in total. The molecular weight excluding hydrogens is 248 g/mol. The first kappa shape index (κ1) is 12.9. The molecule has 0 aliphatic carbocycles. The zero-order valence-corrected chi connectivity index (χ0v) is 10.9. The molecule has 0 bridgehead atoms. The van der Waals surface area contributed by atoms with Crippen molar-refractivity contribution in [3.8, 4) is 5.75 Å². The number of hydrogen-bond acceptors (Lipinski definition) is 3. The minimum atomic E-state index is -0.287. The van der Waals surface area contributed by atoms with E-state index in [9.17, 15) is 0 Å². The van der Waals surface area contributed by atoms with Gasteiger partial charge in [0.15, 0.2) is 6.10 Å². The molecule has 1 heterocycles. The first-order valence-corrected chi connectivity index (χ1v) is 6.12. The summed E-state index contributed by atoms with van der Waals surface area (Å²) < 4.78 is 5.84. The summed E-state index contributed by atoms with van der Waals surface area (Å²) in [4.78, 5) is 4.25. The summed E-state index contributed by atoms with van der Waals surface area (Å²) in [5.41, 5.74) is 7.63. The second-order valence-corrected chi connectivity index (χ2v) is 4.44. The Labute approximate surface area is 112 Å². The minimum absolute atomic E-state index is 0.287. The van der Waals surface area contributed by atoms with Crippen molar-refractivity contribution >= 4 is 11.6 Å². The number of ether oxygens (including phenoxy) is 1. The first-order chi connectivity index (χ1) is 8.70. The number of hydrogen-bond donors (Lipinski definition) is 1. The molecule has 0 spiro atoms. The van der Waals surface area contributed by atoms with Crippen molar-refractivity contribution in [3.05, 3.63) is 58.9 Å². The van der Waals surface area contributed by atoms with Gasteiger partial charge in [0.05, 0.1) is 10.7 Å². The van der Waals surface area contributed by atoms with E-state index in [-0.39, 0.29) is 6.10 Å². The normalized spacial score (nSPS) is 12.2. The van der Waals surface area contributed by atoms with Crippen molar-refractivity contribution in [1.29, 1.82) is 0 Å². The van der Waals surface area contributed by atoms with Crippen molar-refractivity contribution in [2.75, 3.05) is 6.54 Å². The highest BCUT2D eigenvalue weighted by Crippen LogP contribution is 2.29. The van der Waals surface area contributed by atoms with Gasteiger partial charge in [0.25, 0.3) is 0 Å². The molecule has 3 nitrogen and oxygen atoms in total. The quantitative estimate of drug-likeness (QED) is 0.921. The highest BCUT2D eigenvalue weighted by Gasteiger charge is 2.14. The van der Waals surface area contributed by atoms with Gasteiger partial charge in [-0.05, 0) is 36.8 Å². The lowest BCUT2D eigenvalue weighted by atomic mass is 10.2. The molecule has 18 heavy (non-hydrogen) atoms. The third kappa shape index (κ3) is 3.00. The Morgan fingerprint density at radius 2 is 2.17 bits per heavy atom. The van der Waals surface area contributed by atoms with Crippen LogP contribution in [0.1, 0.15) is 17.4 Å². The van der Waals surface area contributed by atoms with E-state index in [0.29, 0.717) is 17.3 Å². The molecule has 94 valence electrons. The summed E-state index contributed by atoms with van der Waals surface area (Å²) in [6.45, 7) is 2.34. The van der Waals surface area contributed by atoms with Crippen LogP contribution in [0.5, 0.6) is 5.75 Å². The topological polar surface area (TPSA) is 48.1 Å². The fraction of sp³-hybridized carbons (Fsp3) is 0.214. The summed E-state index contributed by atoms with van der Waals surface area (Å²) in [6.07, 6.45) is 1.43. The van der Waals surface area contributed by atoms with Crippen molar-refractivity contribution in [3.63, 3.8) is 0 Å². The summed E-state index contributed by atoms with van der Waals surface area (Å²) in [5.74, 6) is 0.637. The molecular formula is C14H15ClN2O. The van der Waals surface area contributed by atoms with Crippen molar-refractivity contribution < 1.29 is 4.74 Å². The van der Waals surface area contributed by atoms with Crippen molar-refractivity contribution in [2.24, 2.45) is 5.73 Å². The van der Waals surface area contributed by atoms with Gasteiger partial charge in [-0.15, -0.1) is 0 Å². The van der Waals surface area contributed by atoms with E-state index in [1.54, 1.807) is 6.20 Å². The van der Waals surface area contributed by atoms with Crippen LogP contribution < -0.4 is 10.5 Å². The fourth-order valence-electron chi connectivity index (χ4n) is 1.65. The number of nitrogens with two attached hydrogens (primary N) is 1. The maximum atomic E-state index is 6.10. The Bertz CT molecular complexity index is 516. The number of nitrogens with zero attached hydrogens (tertiary/aromatic N) is 1. The minimum Gasteiger partial charge on any atom is -0.481 e. The standard InChI is InChI=1S/C14H15ClN2O/c1-10-5-6-11(15)13(8-10)18-14(9-16)12-4-2-3-7-17-12/h2-8,14H,9,16H2,1H3. The Morgan fingerprint density at radius 1 is 1.33 bits per heavy atom. The van der Waals surface area contributed by atoms with Gasteiger partial charge in [-0.2, -0.15) is 0 Å². The number of aryl methyl sites for hydroxylation is 1. The van der Waals surface area contributed by atoms with Crippen LogP contribution in [-0.4, -0.2) is 11.5 Å². The summed E-state index contributed by atoms with van der Waals surface area (Å²) in [6, 6.07) is 11.3. The smallest absolute Gasteiger partial charge is 0.153 e. The van der Waals surface area contributed by atoms with Crippen LogP contribution in [-0.2, 0) is 0 Å². The first-order valence-electron chi connectivity index (χ1n) is 5.74. The molecule has 1 atom stereocenters. The number of aromatic nitrogens is 1. The Kier molecular flexibility index (Phi) is 4.18. The number of rotatable bonds is 4. The van der Waals surface area contributed by atoms with Crippen LogP contribution in [0.4, 0.5) is 0 Å². The molecule has 0 aliphatic rings. The summed E-state index contributed by atoms with van der Waals surface area (Å²) in [5, 5.41) is 0.579. The molecule has 1 aromatic carbocycles. The fourth-order valence-corrected chi connectivity index (χ4v) is 1.81. The van der Waals surface area contributed by atoms with Gasteiger partial charge < -0.3 is 10.5 Å². The van der Waals surface area contributed by atoms with E-state index >= 15 is 0 Å². The molecule has 2 rings (SSSR count). The molecule has 0 fully saturated rings. The Balaban J connectivity index is 2.23. The average molecular weight is 263 g/mol. The maximum absolute atomic E-state index is 6.10.